The third-order valence-electron chi connectivity index (χ3n) is 2.34. The molecule has 0 heterocycles. The van der Waals surface area contributed by atoms with Crippen LogP contribution in [-0.4, -0.2) is 6.61 Å². The zero-order chi connectivity index (χ0) is 13.0. The second kappa shape index (κ2) is 5.57. The van der Waals surface area contributed by atoms with E-state index in [1.54, 1.807) is 30.3 Å². The first-order valence-electron chi connectivity index (χ1n) is 5.25. The topological polar surface area (TPSA) is 9.23 Å². The van der Waals surface area contributed by atoms with Gasteiger partial charge in [-0.15, -0.1) is 6.42 Å². The fraction of sp³-hybridized carbons (Fsp3) is 0.0667. The lowest BCUT2D eigenvalue weighted by Crippen LogP contribution is -1.96. The van der Waals surface area contributed by atoms with Gasteiger partial charge in [0.15, 0.2) is 0 Å². The van der Waals surface area contributed by atoms with E-state index >= 15 is 0 Å². The Labute approximate surface area is 110 Å². The van der Waals surface area contributed by atoms with Crippen LogP contribution >= 0.6 is 11.6 Å². The maximum absolute atomic E-state index is 13.8. The van der Waals surface area contributed by atoms with Gasteiger partial charge in [0.1, 0.15) is 18.2 Å². The summed E-state index contributed by atoms with van der Waals surface area (Å²) >= 11 is 5.72. The minimum Gasteiger partial charge on any atom is -0.480 e. The smallest absolute Gasteiger partial charge is 0.148 e. The van der Waals surface area contributed by atoms with Gasteiger partial charge < -0.3 is 4.74 Å². The van der Waals surface area contributed by atoms with Crippen LogP contribution in [0.4, 0.5) is 4.39 Å². The van der Waals surface area contributed by atoms with Gasteiger partial charge in [0.2, 0.25) is 0 Å². The van der Waals surface area contributed by atoms with Crippen LogP contribution in [0.5, 0.6) is 5.75 Å². The molecule has 0 bridgehead atoms. The van der Waals surface area contributed by atoms with Crippen molar-refractivity contribution in [2.45, 2.75) is 0 Å². The highest BCUT2D eigenvalue weighted by Gasteiger charge is 2.10. The number of terminal acetylenes is 1. The molecule has 18 heavy (non-hydrogen) atoms. The van der Waals surface area contributed by atoms with Gasteiger partial charge in [0.25, 0.3) is 0 Å². The van der Waals surface area contributed by atoms with E-state index in [2.05, 4.69) is 12.0 Å². The SMILES string of the molecule is C#CCOc1[c]cccc1-c1ccc(Cl)cc1F. The third-order valence-corrected chi connectivity index (χ3v) is 2.57. The van der Waals surface area contributed by atoms with Crippen LogP contribution in [0.25, 0.3) is 11.1 Å². The fourth-order valence-electron chi connectivity index (χ4n) is 1.57. The molecule has 0 aliphatic rings. The van der Waals surface area contributed by atoms with E-state index in [1.165, 1.54) is 6.07 Å². The molecule has 0 N–H and O–H groups in total. The van der Waals surface area contributed by atoms with Gasteiger partial charge in [0, 0.05) is 22.2 Å². The summed E-state index contributed by atoms with van der Waals surface area (Å²) in [4.78, 5) is 0. The molecule has 2 aromatic carbocycles. The average Bonchev–Trinajstić information content (AvgIpc) is 2.37. The molecular weight excluding hydrogens is 251 g/mol. The third kappa shape index (κ3) is 2.64. The van der Waals surface area contributed by atoms with Crippen LogP contribution in [-0.2, 0) is 0 Å². The average molecular weight is 260 g/mol. The Morgan fingerprint density at radius 2 is 2.17 bits per heavy atom. The van der Waals surface area contributed by atoms with E-state index in [1.807, 2.05) is 0 Å². The highest BCUT2D eigenvalue weighted by Crippen LogP contribution is 2.32. The largest absolute Gasteiger partial charge is 0.480 e. The minimum absolute atomic E-state index is 0.114. The molecule has 89 valence electrons. The van der Waals surface area contributed by atoms with Crippen LogP contribution in [0.1, 0.15) is 0 Å². The van der Waals surface area contributed by atoms with E-state index in [0.717, 1.165) is 0 Å². The number of para-hydroxylation sites is 1. The predicted octanol–water partition coefficient (Wildman–Crippen LogP) is 3.96. The second-order valence-corrected chi connectivity index (χ2v) is 3.97. The number of rotatable bonds is 3. The first-order chi connectivity index (χ1) is 8.72. The number of hydrogen-bond acceptors (Lipinski definition) is 1. The number of halogens is 2. The Morgan fingerprint density at radius 1 is 1.33 bits per heavy atom. The summed E-state index contributed by atoms with van der Waals surface area (Å²) in [5, 5.41) is 0.349. The van der Waals surface area contributed by atoms with Crippen molar-refractivity contribution in [2.24, 2.45) is 0 Å². The molecule has 0 amide bonds. The molecule has 0 aliphatic carbocycles. The Hall–Kier alpha value is -1.98. The summed E-state index contributed by atoms with van der Waals surface area (Å²) in [6.45, 7) is 0.114. The van der Waals surface area contributed by atoms with Crippen LogP contribution in [0.3, 0.4) is 0 Å². The molecule has 0 atom stereocenters. The molecule has 2 aromatic rings. The van der Waals surface area contributed by atoms with Crippen molar-refractivity contribution in [3.05, 3.63) is 53.3 Å². The van der Waals surface area contributed by atoms with Crippen molar-refractivity contribution in [3.63, 3.8) is 0 Å². The summed E-state index contributed by atoms with van der Waals surface area (Å²) < 4.78 is 19.2. The molecule has 0 saturated heterocycles. The fourth-order valence-corrected chi connectivity index (χ4v) is 1.73. The summed E-state index contributed by atoms with van der Waals surface area (Å²) in [5.41, 5.74) is 1.00. The molecule has 0 aliphatic heterocycles. The Bertz CT molecular complexity index is 602. The molecule has 0 saturated carbocycles. The van der Waals surface area contributed by atoms with Gasteiger partial charge in [0.05, 0.1) is 0 Å². The van der Waals surface area contributed by atoms with Crippen molar-refractivity contribution < 1.29 is 9.13 Å². The standard InChI is InChI=1S/C15H9ClFO/c1-2-9-18-15-6-4-3-5-13(15)12-8-7-11(16)10-14(12)17/h1,3-5,7-8,10H,9H2. The molecule has 0 fully saturated rings. The first kappa shape index (κ1) is 12.5. The van der Waals surface area contributed by atoms with Crippen molar-refractivity contribution in [1.29, 1.82) is 0 Å². The molecule has 0 unspecified atom stereocenters. The summed E-state index contributed by atoms with van der Waals surface area (Å²) in [5.74, 6) is 2.38. The van der Waals surface area contributed by atoms with Crippen LogP contribution < -0.4 is 4.74 Å². The summed E-state index contributed by atoms with van der Waals surface area (Å²) in [6.07, 6.45) is 5.13. The molecule has 2 rings (SSSR count). The van der Waals surface area contributed by atoms with Gasteiger partial charge in [-0.1, -0.05) is 35.7 Å². The van der Waals surface area contributed by atoms with Crippen molar-refractivity contribution in [3.8, 4) is 29.2 Å². The van der Waals surface area contributed by atoms with Crippen molar-refractivity contribution in [2.75, 3.05) is 6.61 Å². The molecule has 0 aromatic heterocycles. The van der Waals surface area contributed by atoms with Gasteiger partial charge >= 0.3 is 0 Å². The first-order valence-corrected chi connectivity index (χ1v) is 5.62. The maximum Gasteiger partial charge on any atom is 0.148 e. The van der Waals surface area contributed by atoms with Gasteiger partial charge in [-0.2, -0.15) is 0 Å². The Kier molecular flexibility index (Phi) is 3.86. The molecule has 1 nitrogen and oxygen atoms in total. The van der Waals surface area contributed by atoms with Crippen LogP contribution in [0.2, 0.25) is 5.02 Å². The summed E-state index contributed by atoms with van der Waals surface area (Å²) in [6, 6.07) is 12.6. The Morgan fingerprint density at radius 3 is 2.89 bits per heavy atom. The highest BCUT2D eigenvalue weighted by atomic mass is 35.5. The van der Waals surface area contributed by atoms with Gasteiger partial charge in [-0.05, 0) is 18.2 Å². The Balaban J connectivity index is 2.47. The molecule has 0 spiro atoms. The van der Waals surface area contributed by atoms with Crippen molar-refractivity contribution in [1.82, 2.24) is 0 Å². The second-order valence-electron chi connectivity index (χ2n) is 3.53. The number of hydrogen-bond donors (Lipinski definition) is 0. The lowest BCUT2D eigenvalue weighted by Gasteiger charge is -2.10. The predicted molar refractivity (Wildman–Crippen MR) is 70.0 cm³/mol. The molecule has 1 radical (unpaired) electrons. The molecular formula is C15H9ClFO. The summed E-state index contributed by atoms with van der Waals surface area (Å²) in [7, 11) is 0. The van der Waals surface area contributed by atoms with E-state index < -0.39 is 5.82 Å². The zero-order valence-electron chi connectivity index (χ0n) is 9.41. The lowest BCUT2D eigenvalue weighted by molar-refractivity contribution is 0.371. The van der Waals surface area contributed by atoms with E-state index in [4.69, 9.17) is 22.8 Å². The zero-order valence-corrected chi connectivity index (χ0v) is 10.2. The van der Waals surface area contributed by atoms with Gasteiger partial charge in [-0.25, -0.2) is 4.39 Å². The monoisotopic (exact) mass is 259 g/mol. The van der Waals surface area contributed by atoms with E-state index in [9.17, 15) is 4.39 Å². The van der Waals surface area contributed by atoms with E-state index in [-0.39, 0.29) is 6.61 Å². The maximum atomic E-state index is 13.8. The van der Waals surface area contributed by atoms with Gasteiger partial charge in [-0.3, -0.25) is 0 Å². The van der Waals surface area contributed by atoms with Crippen molar-refractivity contribution >= 4 is 11.6 Å². The van der Waals surface area contributed by atoms with E-state index in [0.29, 0.717) is 21.9 Å². The number of benzene rings is 2. The quantitative estimate of drug-likeness (QED) is 0.758. The lowest BCUT2D eigenvalue weighted by atomic mass is 10.0. The van der Waals surface area contributed by atoms with Crippen LogP contribution in [0.15, 0.2) is 36.4 Å². The number of ether oxygens (including phenoxy) is 1. The normalized spacial score (nSPS) is 9.83. The molecule has 3 heteroatoms. The highest BCUT2D eigenvalue weighted by molar-refractivity contribution is 6.30. The minimum atomic E-state index is -0.410. The van der Waals surface area contributed by atoms with Crippen LogP contribution in [0, 0.1) is 24.2 Å².